The zero-order chi connectivity index (χ0) is 15.9. The predicted molar refractivity (Wildman–Crippen MR) is 83.8 cm³/mol. The Morgan fingerprint density at radius 3 is 2.52 bits per heavy atom. The van der Waals surface area contributed by atoms with Gasteiger partial charge >= 0.3 is 0 Å². The van der Waals surface area contributed by atoms with Crippen molar-refractivity contribution in [3.05, 3.63) is 23.8 Å². The second-order valence-corrected chi connectivity index (χ2v) is 5.85. The number of carbonyl (C=O) groups excluding carboxylic acids is 1. The molecule has 5 heteroatoms. The number of rotatable bonds is 7. The van der Waals surface area contributed by atoms with E-state index in [1.54, 1.807) is 7.11 Å². The molecule has 0 heterocycles. The molecule has 0 unspecified atom stereocenters. The SMILES string of the molecule is CCNCc1ccc(OCC(=O)NC(C)(C)C)c(OC)c1. The van der Waals surface area contributed by atoms with Gasteiger partial charge < -0.3 is 20.1 Å². The summed E-state index contributed by atoms with van der Waals surface area (Å²) in [6, 6.07) is 5.71. The lowest BCUT2D eigenvalue weighted by atomic mass is 10.1. The minimum absolute atomic E-state index is 0.0276. The van der Waals surface area contributed by atoms with Crippen LogP contribution in [0.15, 0.2) is 18.2 Å². The van der Waals surface area contributed by atoms with Crippen LogP contribution in [0, 0.1) is 0 Å². The number of methoxy groups -OCH3 is 1. The summed E-state index contributed by atoms with van der Waals surface area (Å²) in [5.41, 5.74) is 0.848. The lowest BCUT2D eigenvalue weighted by Crippen LogP contribution is -2.43. The molecular formula is C16H26N2O3. The molecule has 2 N–H and O–H groups in total. The van der Waals surface area contributed by atoms with Gasteiger partial charge in [-0.25, -0.2) is 0 Å². The first-order valence-electron chi connectivity index (χ1n) is 7.17. The molecule has 1 aromatic rings. The third-order valence-electron chi connectivity index (χ3n) is 2.68. The highest BCUT2D eigenvalue weighted by Crippen LogP contribution is 2.28. The molecule has 0 bridgehead atoms. The fraction of sp³-hybridized carbons (Fsp3) is 0.562. The minimum atomic E-state index is -0.264. The summed E-state index contributed by atoms with van der Waals surface area (Å²) >= 11 is 0. The Bertz CT molecular complexity index is 467. The Morgan fingerprint density at radius 2 is 1.95 bits per heavy atom. The Hall–Kier alpha value is -1.75. The average molecular weight is 294 g/mol. The Kier molecular flexibility index (Phi) is 6.49. The topological polar surface area (TPSA) is 59.6 Å². The first-order chi connectivity index (χ1) is 9.85. The lowest BCUT2D eigenvalue weighted by Gasteiger charge is -2.20. The van der Waals surface area contributed by atoms with E-state index in [1.807, 2.05) is 39.0 Å². The van der Waals surface area contributed by atoms with Crippen LogP contribution in [0.25, 0.3) is 0 Å². The van der Waals surface area contributed by atoms with Crippen LogP contribution < -0.4 is 20.1 Å². The summed E-state index contributed by atoms with van der Waals surface area (Å²) in [5, 5.41) is 6.10. The van der Waals surface area contributed by atoms with E-state index in [-0.39, 0.29) is 18.1 Å². The van der Waals surface area contributed by atoms with Gasteiger partial charge in [-0.05, 0) is 45.0 Å². The molecule has 0 fully saturated rings. The summed E-state index contributed by atoms with van der Waals surface area (Å²) in [7, 11) is 1.59. The van der Waals surface area contributed by atoms with E-state index in [9.17, 15) is 4.79 Å². The van der Waals surface area contributed by atoms with E-state index in [0.717, 1.165) is 18.7 Å². The Labute approximate surface area is 127 Å². The summed E-state index contributed by atoms with van der Waals surface area (Å²) in [5.74, 6) is 1.05. The highest BCUT2D eigenvalue weighted by molar-refractivity contribution is 5.78. The third kappa shape index (κ3) is 6.49. The van der Waals surface area contributed by atoms with Crippen molar-refractivity contribution in [3.63, 3.8) is 0 Å². The van der Waals surface area contributed by atoms with Crippen LogP contribution in [0.1, 0.15) is 33.3 Å². The van der Waals surface area contributed by atoms with Crippen LogP contribution in [0.2, 0.25) is 0 Å². The van der Waals surface area contributed by atoms with Crippen LogP contribution in [-0.4, -0.2) is 31.7 Å². The van der Waals surface area contributed by atoms with E-state index in [2.05, 4.69) is 17.6 Å². The zero-order valence-electron chi connectivity index (χ0n) is 13.6. The van der Waals surface area contributed by atoms with Crippen molar-refractivity contribution in [1.29, 1.82) is 0 Å². The molecule has 0 aliphatic carbocycles. The molecule has 0 aromatic heterocycles. The van der Waals surface area contributed by atoms with Gasteiger partial charge in [-0.15, -0.1) is 0 Å². The quantitative estimate of drug-likeness (QED) is 0.808. The van der Waals surface area contributed by atoms with Gasteiger partial charge in [-0.1, -0.05) is 13.0 Å². The molecule has 21 heavy (non-hydrogen) atoms. The second kappa shape index (κ2) is 7.88. The molecule has 0 saturated carbocycles. The van der Waals surface area contributed by atoms with Crippen LogP contribution in [-0.2, 0) is 11.3 Å². The highest BCUT2D eigenvalue weighted by Gasteiger charge is 2.15. The predicted octanol–water partition coefficient (Wildman–Crippen LogP) is 2.10. The van der Waals surface area contributed by atoms with Gasteiger partial charge in [0.2, 0.25) is 0 Å². The maximum atomic E-state index is 11.8. The van der Waals surface area contributed by atoms with Crippen LogP contribution >= 0.6 is 0 Å². The molecule has 0 aliphatic heterocycles. The van der Waals surface area contributed by atoms with Gasteiger partial charge in [0.15, 0.2) is 18.1 Å². The number of amides is 1. The van der Waals surface area contributed by atoms with Gasteiger partial charge in [0.25, 0.3) is 5.91 Å². The first kappa shape index (κ1) is 17.3. The van der Waals surface area contributed by atoms with Gasteiger partial charge in [0.05, 0.1) is 7.11 Å². The minimum Gasteiger partial charge on any atom is -0.493 e. The molecule has 1 aromatic carbocycles. The number of ether oxygens (including phenoxy) is 2. The Morgan fingerprint density at radius 1 is 1.24 bits per heavy atom. The Balaban J connectivity index is 2.64. The van der Waals surface area contributed by atoms with E-state index in [0.29, 0.717) is 11.5 Å². The summed E-state index contributed by atoms with van der Waals surface area (Å²) in [6.07, 6.45) is 0. The molecule has 0 radical (unpaired) electrons. The molecule has 0 aliphatic rings. The van der Waals surface area contributed by atoms with Crippen molar-refractivity contribution < 1.29 is 14.3 Å². The molecule has 0 spiro atoms. The van der Waals surface area contributed by atoms with Gasteiger partial charge in [-0.2, -0.15) is 0 Å². The normalized spacial score (nSPS) is 11.1. The van der Waals surface area contributed by atoms with E-state index in [1.165, 1.54) is 0 Å². The molecule has 118 valence electrons. The maximum absolute atomic E-state index is 11.8. The second-order valence-electron chi connectivity index (χ2n) is 5.85. The van der Waals surface area contributed by atoms with Gasteiger partial charge in [0.1, 0.15) is 0 Å². The molecule has 1 amide bonds. The number of benzene rings is 1. The first-order valence-corrected chi connectivity index (χ1v) is 7.17. The smallest absolute Gasteiger partial charge is 0.258 e. The fourth-order valence-electron chi connectivity index (χ4n) is 1.81. The van der Waals surface area contributed by atoms with Gasteiger partial charge in [0, 0.05) is 12.1 Å². The lowest BCUT2D eigenvalue weighted by molar-refractivity contribution is -0.124. The third-order valence-corrected chi connectivity index (χ3v) is 2.68. The van der Waals surface area contributed by atoms with Crippen LogP contribution in [0.3, 0.4) is 0 Å². The fourth-order valence-corrected chi connectivity index (χ4v) is 1.81. The molecule has 0 atom stereocenters. The summed E-state index contributed by atoms with van der Waals surface area (Å²) < 4.78 is 10.9. The summed E-state index contributed by atoms with van der Waals surface area (Å²) in [6.45, 7) is 9.51. The summed E-state index contributed by atoms with van der Waals surface area (Å²) in [4.78, 5) is 11.8. The standard InChI is InChI=1S/C16H26N2O3/c1-6-17-10-12-7-8-13(14(9-12)20-5)21-11-15(19)18-16(2,3)4/h7-9,17H,6,10-11H2,1-5H3,(H,18,19). The zero-order valence-corrected chi connectivity index (χ0v) is 13.6. The van der Waals surface area contributed by atoms with E-state index in [4.69, 9.17) is 9.47 Å². The number of nitrogens with one attached hydrogen (secondary N) is 2. The number of hydrogen-bond acceptors (Lipinski definition) is 4. The largest absolute Gasteiger partial charge is 0.493 e. The molecule has 1 rings (SSSR count). The van der Waals surface area contributed by atoms with E-state index < -0.39 is 0 Å². The van der Waals surface area contributed by atoms with Crippen molar-refractivity contribution in [2.24, 2.45) is 0 Å². The van der Waals surface area contributed by atoms with E-state index >= 15 is 0 Å². The van der Waals surface area contributed by atoms with Crippen molar-refractivity contribution in [1.82, 2.24) is 10.6 Å². The van der Waals surface area contributed by atoms with Crippen molar-refractivity contribution in [3.8, 4) is 11.5 Å². The van der Waals surface area contributed by atoms with Crippen molar-refractivity contribution in [2.45, 2.75) is 39.8 Å². The number of carbonyl (C=O) groups is 1. The molecular weight excluding hydrogens is 268 g/mol. The maximum Gasteiger partial charge on any atom is 0.258 e. The highest BCUT2D eigenvalue weighted by atomic mass is 16.5. The van der Waals surface area contributed by atoms with Gasteiger partial charge in [-0.3, -0.25) is 4.79 Å². The molecule has 0 saturated heterocycles. The average Bonchev–Trinajstić information content (AvgIpc) is 2.41. The van der Waals surface area contributed by atoms with Crippen LogP contribution in [0.4, 0.5) is 0 Å². The van der Waals surface area contributed by atoms with Crippen LogP contribution in [0.5, 0.6) is 11.5 Å². The van der Waals surface area contributed by atoms with Crippen molar-refractivity contribution in [2.75, 3.05) is 20.3 Å². The number of hydrogen-bond donors (Lipinski definition) is 2. The van der Waals surface area contributed by atoms with Crippen molar-refractivity contribution >= 4 is 5.91 Å². The monoisotopic (exact) mass is 294 g/mol. The molecule has 5 nitrogen and oxygen atoms in total.